The summed E-state index contributed by atoms with van der Waals surface area (Å²) in [6, 6.07) is 0. The van der Waals surface area contributed by atoms with E-state index in [1.807, 2.05) is 4.90 Å². The van der Waals surface area contributed by atoms with Crippen molar-refractivity contribution in [2.75, 3.05) is 45.8 Å². The molecular formula is C19H32N4O3. The van der Waals surface area contributed by atoms with Crippen molar-refractivity contribution in [1.29, 1.82) is 0 Å². The fraction of sp³-hybridized carbons (Fsp3) is 0.842. The lowest BCUT2D eigenvalue weighted by Gasteiger charge is -2.31. The molecule has 0 spiro atoms. The lowest BCUT2D eigenvalue weighted by molar-refractivity contribution is -0.129. The van der Waals surface area contributed by atoms with Gasteiger partial charge in [-0.1, -0.05) is 0 Å². The van der Waals surface area contributed by atoms with Crippen LogP contribution in [-0.4, -0.2) is 73.3 Å². The number of rotatable bonds is 9. The minimum absolute atomic E-state index is 0.0106. The summed E-state index contributed by atoms with van der Waals surface area (Å²) in [6.07, 6.45) is 6.77. The molecule has 2 aliphatic heterocycles. The number of carbonyl (C=O) groups excluding carboxylic acids is 3. The van der Waals surface area contributed by atoms with Crippen LogP contribution >= 0.6 is 0 Å². The van der Waals surface area contributed by atoms with Crippen LogP contribution in [0.2, 0.25) is 0 Å². The molecule has 2 heterocycles. The van der Waals surface area contributed by atoms with Gasteiger partial charge in [-0.05, 0) is 51.0 Å². The monoisotopic (exact) mass is 364 g/mol. The van der Waals surface area contributed by atoms with Crippen molar-refractivity contribution >= 4 is 17.7 Å². The summed E-state index contributed by atoms with van der Waals surface area (Å²) in [5.41, 5.74) is 0. The molecule has 2 N–H and O–H groups in total. The highest BCUT2D eigenvalue weighted by molar-refractivity contribution is 5.80. The van der Waals surface area contributed by atoms with Gasteiger partial charge in [0.1, 0.15) is 0 Å². The van der Waals surface area contributed by atoms with Gasteiger partial charge in [-0.15, -0.1) is 0 Å². The van der Waals surface area contributed by atoms with Gasteiger partial charge in [0.25, 0.3) is 0 Å². The predicted octanol–water partition coefficient (Wildman–Crippen LogP) is 0.353. The Kier molecular flexibility index (Phi) is 6.88. The van der Waals surface area contributed by atoms with Crippen molar-refractivity contribution in [1.82, 2.24) is 20.4 Å². The summed E-state index contributed by atoms with van der Waals surface area (Å²) in [5, 5.41) is 6.00. The van der Waals surface area contributed by atoms with Gasteiger partial charge < -0.3 is 15.5 Å². The third kappa shape index (κ3) is 5.97. The molecule has 1 saturated carbocycles. The normalized spacial score (nSPS) is 23.9. The molecule has 0 aromatic rings. The third-order valence-electron chi connectivity index (χ3n) is 5.60. The summed E-state index contributed by atoms with van der Waals surface area (Å²) < 4.78 is 0. The highest BCUT2D eigenvalue weighted by Crippen LogP contribution is 2.27. The number of piperidine rings is 1. The second-order valence-electron chi connectivity index (χ2n) is 7.95. The van der Waals surface area contributed by atoms with Crippen LogP contribution in [-0.2, 0) is 14.4 Å². The van der Waals surface area contributed by atoms with Gasteiger partial charge in [0.15, 0.2) is 0 Å². The topological polar surface area (TPSA) is 81.8 Å². The number of hydrogen-bond donors (Lipinski definition) is 2. The average Bonchev–Trinajstić information content (AvgIpc) is 3.38. The van der Waals surface area contributed by atoms with Crippen LogP contribution in [0.15, 0.2) is 0 Å². The summed E-state index contributed by atoms with van der Waals surface area (Å²) in [4.78, 5) is 39.9. The molecule has 2 saturated heterocycles. The molecule has 0 bridgehead atoms. The van der Waals surface area contributed by atoms with Gasteiger partial charge in [-0.25, -0.2) is 0 Å². The molecular weight excluding hydrogens is 332 g/mol. The Hall–Kier alpha value is -1.63. The number of likely N-dealkylation sites (tertiary alicyclic amines) is 2. The smallest absolute Gasteiger partial charge is 0.234 e. The maximum atomic E-state index is 12.3. The van der Waals surface area contributed by atoms with Crippen molar-refractivity contribution in [3.8, 4) is 0 Å². The van der Waals surface area contributed by atoms with E-state index in [0.717, 1.165) is 51.9 Å². The molecule has 3 fully saturated rings. The van der Waals surface area contributed by atoms with E-state index in [-0.39, 0.29) is 23.6 Å². The van der Waals surface area contributed by atoms with E-state index in [1.165, 1.54) is 12.8 Å². The fourth-order valence-corrected chi connectivity index (χ4v) is 3.82. The number of nitrogens with one attached hydrogen (secondary N) is 2. The number of carbonyl (C=O) groups is 3. The zero-order chi connectivity index (χ0) is 18.4. The Balaban J connectivity index is 1.29. The summed E-state index contributed by atoms with van der Waals surface area (Å²) >= 11 is 0. The highest BCUT2D eigenvalue weighted by atomic mass is 16.2. The molecule has 7 heteroatoms. The molecule has 0 aromatic heterocycles. The Labute approximate surface area is 155 Å². The van der Waals surface area contributed by atoms with Gasteiger partial charge in [-0.2, -0.15) is 0 Å². The van der Waals surface area contributed by atoms with Gasteiger partial charge in [0.2, 0.25) is 17.7 Å². The largest absolute Gasteiger partial charge is 0.356 e. The molecule has 26 heavy (non-hydrogen) atoms. The fourth-order valence-electron chi connectivity index (χ4n) is 3.82. The lowest BCUT2D eigenvalue weighted by atomic mass is 9.97. The van der Waals surface area contributed by atoms with Crippen molar-refractivity contribution in [3.05, 3.63) is 0 Å². The van der Waals surface area contributed by atoms with E-state index in [0.29, 0.717) is 32.0 Å². The molecule has 1 aliphatic carbocycles. The van der Waals surface area contributed by atoms with E-state index in [1.54, 1.807) is 0 Å². The van der Waals surface area contributed by atoms with Gasteiger partial charge in [0, 0.05) is 39.1 Å². The van der Waals surface area contributed by atoms with E-state index in [4.69, 9.17) is 0 Å². The minimum Gasteiger partial charge on any atom is -0.356 e. The molecule has 1 unspecified atom stereocenters. The Morgan fingerprint density at radius 1 is 1.08 bits per heavy atom. The molecule has 3 rings (SSSR count). The van der Waals surface area contributed by atoms with Crippen LogP contribution < -0.4 is 10.6 Å². The lowest BCUT2D eigenvalue weighted by Crippen LogP contribution is -2.47. The molecule has 0 aromatic carbocycles. The molecule has 7 nitrogen and oxygen atoms in total. The van der Waals surface area contributed by atoms with Crippen LogP contribution in [0.3, 0.4) is 0 Å². The standard InChI is InChI=1S/C19H32N4O3/c24-17(20-8-3-11-23-10-2-5-18(23)25)14-22-9-1-4-16(13-22)19(26)21-12-15-6-7-15/h15-16H,1-14H2,(H,20,24)(H,21,26). The summed E-state index contributed by atoms with van der Waals surface area (Å²) in [5.74, 6) is 1.10. The SMILES string of the molecule is O=C(CN1CCCC(C(=O)NCC2CC2)C1)NCCCN1CCCC1=O. The van der Waals surface area contributed by atoms with Crippen molar-refractivity contribution in [2.45, 2.75) is 44.9 Å². The predicted molar refractivity (Wildman–Crippen MR) is 98.3 cm³/mol. The van der Waals surface area contributed by atoms with Crippen LogP contribution in [0, 0.1) is 11.8 Å². The van der Waals surface area contributed by atoms with E-state index < -0.39 is 0 Å². The first-order valence-corrected chi connectivity index (χ1v) is 10.2. The Morgan fingerprint density at radius 2 is 1.92 bits per heavy atom. The summed E-state index contributed by atoms with van der Waals surface area (Å²) in [7, 11) is 0. The third-order valence-corrected chi connectivity index (χ3v) is 5.60. The van der Waals surface area contributed by atoms with E-state index in [9.17, 15) is 14.4 Å². The number of hydrogen-bond acceptors (Lipinski definition) is 4. The molecule has 0 radical (unpaired) electrons. The summed E-state index contributed by atoms with van der Waals surface area (Å²) in [6.45, 7) is 4.90. The first kappa shape index (κ1) is 19.1. The minimum atomic E-state index is 0.0106. The van der Waals surface area contributed by atoms with Gasteiger partial charge >= 0.3 is 0 Å². The maximum absolute atomic E-state index is 12.3. The second-order valence-corrected chi connectivity index (χ2v) is 7.95. The van der Waals surface area contributed by atoms with Gasteiger partial charge in [-0.3, -0.25) is 19.3 Å². The Morgan fingerprint density at radius 3 is 2.65 bits per heavy atom. The average molecular weight is 364 g/mol. The molecule has 1 atom stereocenters. The van der Waals surface area contributed by atoms with E-state index >= 15 is 0 Å². The zero-order valence-electron chi connectivity index (χ0n) is 15.7. The van der Waals surface area contributed by atoms with Crippen LogP contribution in [0.1, 0.15) is 44.9 Å². The Bertz CT molecular complexity index is 521. The van der Waals surface area contributed by atoms with Crippen molar-refractivity contribution in [3.63, 3.8) is 0 Å². The molecule has 146 valence electrons. The number of nitrogens with zero attached hydrogens (tertiary/aromatic N) is 2. The van der Waals surface area contributed by atoms with Crippen molar-refractivity contribution < 1.29 is 14.4 Å². The quantitative estimate of drug-likeness (QED) is 0.579. The highest BCUT2D eigenvalue weighted by Gasteiger charge is 2.28. The second kappa shape index (κ2) is 9.35. The molecule has 3 amide bonds. The number of amides is 3. The van der Waals surface area contributed by atoms with Crippen LogP contribution in [0.4, 0.5) is 0 Å². The van der Waals surface area contributed by atoms with Crippen LogP contribution in [0.25, 0.3) is 0 Å². The van der Waals surface area contributed by atoms with E-state index in [2.05, 4.69) is 15.5 Å². The zero-order valence-corrected chi connectivity index (χ0v) is 15.7. The van der Waals surface area contributed by atoms with Crippen LogP contribution in [0.5, 0.6) is 0 Å². The maximum Gasteiger partial charge on any atom is 0.234 e. The first-order valence-electron chi connectivity index (χ1n) is 10.2. The first-order chi connectivity index (χ1) is 12.6. The van der Waals surface area contributed by atoms with Crippen molar-refractivity contribution in [2.24, 2.45) is 11.8 Å². The van der Waals surface area contributed by atoms with Gasteiger partial charge in [0.05, 0.1) is 12.5 Å². The molecule has 3 aliphatic rings.